The normalized spacial score (nSPS) is 16.7. The van der Waals surface area contributed by atoms with E-state index in [1.54, 1.807) is 36.4 Å². The zero-order valence-corrected chi connectivity index (χ0v) is 23.7. The van der Waals surface area contributed by atoms with E-state index in [-0.39, 0.29) is 30.8 Å². The number of carbonyl (C=O) groups excluding carboxylic acids is 2. The molecule has 0 saturated carbocycles. The van der Waals surface area contributed by atoms with Crippen LogP contribution in [0.2, 0.25) is 0 Å². The first-order valence-corrected chi connectivity index (χ1v) is 14.5. The number of benzene rings is 3. The molecule has 0 spiro atoms. The molecule has 1 fully saturated rings. The van der Waals surface area contributed by atoms with E-state index in [1.807, 2.05) is 30.3 Å². The number of hydrogen-bond acceptors (Lipinski definition) is 5. The minimum Gasteiger partial charge on any atom is -0.457 e. The second-order valence-corrected chi connectivity index (χ2v) is 10.5. The lowest BCUT2D eigenvalue weighted by Gasteiger charge is -2.28. The summed E-state index contributed by atoms with van der Waals surface area (Å²) in [5.74, 6) is 0.869. The van der Waals surface area contributed by atoms with Gasteiger partial charge in [-0.25, -0.2) is 4.39 Å². The Hall–Kier alpha value is -3.75. The van der Waals surface area contributed by atoms with Crippen molar-refractivity contribution in [3.8, 4) is 11.5 Å². The molecule has 218 valence electrons. The van der Waals surface area contributed by atoms with Gasteiger partial charge in [0, 0.05) is 5.69 Å². The maximum atomic E-state index is 13.3. The first-order valence-electron chi connectivity index (χ1n) is 14.5. The molecule has 8 heteroatoms. The number of nitrogens with one attached hydrogen (secondary N) is 2. The molecule has 0 aromatic heterocycles. The van der Waals surface area contributed by atoms with Crippen LogP contribution in [0.1, 0.15) is 44.6 Å². The van der Waals surface area contributed by atoms with E-state index in [1.165, 1.54) is 31.4 Å². The first-order chi connectivity index (χ1) is 20.0. The Morgan fingerprint density at radius 3 is 2.34 bits per heavy atom. The number of nitrogens with zero attached hydrogens (tertiary/aromatic N) is 1. The Bertz CT molecular complexity index is 1220. The monoisotopic (exact) mass is 561 g/mol. The maximum absolute atomic E-state index is 13.3. The fourth-order valence-corrected chi connectivity index (χ4v) is 4.93. The van der Waals surface area contributed by atoms with E-state index in [2.05, 4.69) is 22.5 Å². The minimum absolute atomic E-state index is 0.0378. The van der Waals surface area contributed by atoms with Gasteiger partial charge in [0.25, 0.3) is 0 Å². The number of amides is 2. The van der Waals surface area contributed by atoms with Gasteiger partial charge < -0.3 is 20.1 Å². The van der Waals surface area contributed by atoms with E-state index in [4.69, 9.17) is 9.47 Å². The number of rotatable bonds is 12. The van der Waals surface area contributed by atoms with Crippen LogP contribution in [0.3, 0.4) is 0 Å². The van der Waals surface area contributed by atoms with E-state index >= 15 is 0 Å². The van der Waals surface area contributed by atoms with Gasteiger partial charge in [-0.15, -0.1) is 0 Å². The molecule has 41 heavy (non-hydrogen) atoms. The van der Waals surface area contributed by atoms with Gasteiger partial charge in [0.15, 0.2) is 0 Å². The van der Waals surface area contributed by atoms with Crippen LogP contribution in [-0.4, -0.2) is 49.0 Å². The van der Waals surface area contributed by atoms with Gasteiger partial charge in [-0.05, 0) is 85.9 Å². The van der Waals surface area contributed by atoms with Crippen LogP contribution in [-0.2, 0) is 20.9 Å². The molecule has 0 aliphatic carbocycles. The lowest BCUT2D eigenvalue weighted by Crippen LogP contribution is -2.50. The fraction of sp³-hybridized carbons (Fsp3) is 0.394. The standard InChI is InChI=1S/C33H40FN3O4/c1-2-25-8-6-7-20-37(21-19-25)22-32(38)36-31(24-40-23-26-9-4-3-5-10-26)33(39)35-28-13-17-30(18-14-28)41-29-15-11-27(34)12-16-29/h3-5,9-18,25,31H,2,6-8,19-24H2,1H3,(H,35,39)(H,36,38). The Kier molecular flexibility index (Phi) is 11.7. The van der Waals surface area contributed by atoms with E-state index in [9.17, 15) is 14.0 Å². The van der Waals surface area contributed by atoms with Crippen molar-refractivity contribution in [3.63, 3.8) is 0 Å². The van der Waals surface area contributed by atoms with Gasteiger partial charge in [0.1, 0.15) is 23.4 Å². The van der Waals surface area contributed by atoms with Crippen LogP contribution in [0, 0.1) is 11.7 Å². The second kappa shape index (κ2) is 15.9. The van der Waals surface area contributed by atoms with Crippen molar-refractivity contribution in [3.05, 3.63) is 90.2 Å². The van der Waals surface area contributed by atoms with Crippen LogP contribution in [0.15, 0.2) is 78.9 Å². The summed E-state index contributed by atoms with van der Waals surface area (Å²) in [5, 5.41) is 5.78. The van der Waals surface area contributed by atoms with E-state index in [0.29, 0.717) is 29.7 Å². The van der Waals surface area contributed by atoms with Crippen molar-refractivity contribution >= 4 is 17.5 Å². The van der Waals surface area contributed by atoms with Gasteiger partial charge >= 0.3 is 0 Å². The van der Waals surface area contributed by atoms with Crippen LogP contribution in [0.5, 0.6) is 11.5 Å². The zero-order valence-electron chi connectivity index (χ0n) is 23.7. The molecule has 2 atom stereocenters. The molecule has 3 aromatic carbocycles. The highest BCUT2D eigenvalue weighted by Crippen LogP contribution is 2.23. The summed E-state index contributed by atoms with van der Waals surface area (Å²) in [6.45, 7) is 4.64. The summed E-state index contributed by atoms with van der Waals surface area (Å²) < 4.78 is 24.7. The third kappa shape index (κ3) is 10.3. The minimum atomic E-state index is -0.862. The average molecular weight is 562 g/mol. The number of carbonyl (C=O) groups is 2. The quantitative estimate of drug-likeness (QED) is 0.277. The summed E-state index contributed by atoms with van der Waals surface area (Å²) >= 11 is 0. The molecule has 3 aromatic rings. The molecule has 0 bridgehead atoms. The van der Waals surface area contributed by atoms with Crippen molar-refractivity contribution in [1.29, 1.82) is 0 Å². The first kappa shape index (κ1) is 30.2. The third-order valence-corrected chi connectivity index (χ3v) is 7.35. The molecule has 4 rings (SSSR count). The highest BCUT2D eigenvalue weighted by molar-refractivity contribution is 5.97. The summed E-state index contributed by atoms with van der Waals surface area (Å²) in [6, 6.07) is 21.4. The molecular weight excluding hydrogens is 521 g/mol. The summed E-state index contributed by atoms with van der Waals surface area (Å²) in [7, 11) is 0. The fourth-order valence-electron chi connectivity index (χ4n) is 4.93. The Morgan fingerprint density at radius 2 is 1.63 bits per heavy atom. The molecule has 1 saturated heterocycles. The van der Waals surface area contributed by atoms with E-state index < -0.39 is 6.04 Å². The van der Waals surface area contributed by atoms with Crippen LogP contribution < -0.4 is 15.4 Å². The molecule has 1 aliphatic heterocycles. The lowest BCUT2D eigenvalue weighted by atomic mass is 9.94. The Balaban J connectivity index is 1.35. The average Bonchev–Trinajstić information content (AvgIpc) is 2.97. The van der Waals surface area contributed by atoms with Gasteiger partial charge in [0.05, 0.1) is 19.8 Å². The third-order valence-electron chi connectivity index (χ3n) is 7.35. The van der Waals surface area contributed by atoms with Crippen molar-refractivity contribution in [1.82, 2.24) is 10.2 Å². The lowest BCUT2D eigenvalue weighted by molar-refractivity contribution is -0.128. The molecule has 1 heterocycles. The summed E-state index contributed by atoms with van der Waals surface area (Å²) in [4.78, 5) is 28.5. The molecule has 2 amide bonds. The van der Waals surface area contributed by atoms with Gasteiger partial charge in [-0.1, -0.05) is 56.5 Å². The Morgan fingerprint density at radius 1 is 0.927 bits per heavy atom. The number of hydrogen-bond donors (Lipinski definition) is 2. The molecule has 2 N–H and O–H groups in total. The van der Waals surface area contributed by atoms with Crippen molar-refractivity contribution in [2.24, 2.45) is 5.92 Å². The SMILES string of the molecule is CCC1CCCCN(CC(=O)NC(COCc2ccccc2)C(=O)Nc2ccc(Oc3ccc(F)cc3)cc2)CC1. The Labute approximate surface area is 242 Å². The second-order valence-electron chi connectivity index (χ2n) is 10.5. The topological polar surface area (TPSA) is 79.9 Å². The van der Waals surface area contributed by atoms with Crippen molar-refractivity contribution in [2.45, 2.75) is 51.7 Å². The van der Waals surface area contributed by atoms with Gasteiger partial charge in [-0.3, -0.25) is 14.5 Å². The van der Waals surface area contributed by atoms with Crippen LogP contribution in [0.4, 0.5) is 10.1 Å². The molecule has 2 unspecified atom stereocenters. The smallest absolute Gasteiger partial charge is 0.249 e. The number of likely N-dealkylation sites (tertiary alicyclic amines) is 1. The van der Waals surface area contributed by atoms with Crippen LogP contribution >= 0.6 is 0 Å². The van der Waals surface area contributed by atoms with Crippen LogP contribution in [0.25, 0.3) is 0 Å². The summed E-state index contributed by atoms with van der Waals surface area (Å²) in [5.41, 5.74) is 1.54. The zero-order chi connectivity index (χ0) is 28.9. The molecule has 0 radical (unpaired) electrons. The van der Waals surface area contributed by atoms with Crippen molar-refractivity contribution < 1.29 is 23.5 Å². The maximum Gasteiger partial charge on any atom is 0.249 e. The number of ether oxygens (including phenoxy) is 2. The van der Waals surface area contributed by atoms with Gasteiger partial charge in [0.2, 0.25) is 11.8 Å². The highest BCUT2D eigenvalue weighted by atomic mass is 19.1. The molecule has 1 aliphatic rings. The molecule has 7 nitrogen and oxygen atoms in total. The number of anilines is 1. The highest BCUT2D eigenvalue weighted by Gasteiger charge is 2.23. The molecular formula is C33H40FN3O4. The van der Waals surface area contributed by atoms with Gasteiger partial charge in [-0.2, -0.15) is 0 Å². The summed E-state index contributed by atoms with van der Waals surface area (Å²) in [6.07, 6.45) is 5.78. The number of halogens is 1. The predicted octanol–water partition coefficient (Wildman–Crippen LogP) is 6.16. The predicted molar refractivity (Wildman–Crippen MR) is 158 cm³/mol. The van der Waals surface area contributed by atoms with E-state index in [0.717, 1.165) is 31.5 Å². The largest absolute Gasteiger partial charge is 0.457 e. The van der Waals surface area contributed by atoms with Crippen molar-refractivity contribution in [2.75, 3.05) is 31.6 Å².